The number of nitrogens with zero attached hydrogens (tertiary/aromatic N) is 1. The number of nitro groups is 1. The lowest BCUT2D eigenvalue weighted by Crippen LogP contribution is -2.16. The fourth-order valence-electron chi connectivity index (χ4n) is 2.53. The van der Waals surface area contributed by atoms with Gasteiger partial charge in [0.15, 0.2) is 11.5 Å². The molecule has 1 aliphatic rings. The lowest BCUT2D eigenvalue weighted by Gasteiger charge is -2.12. The second-order valence-corrected chi connectivity index (χ2v) is 5.77. The van der Waals surface area contributed by atoms with E-state index in [1.807, 2.05) is 0 Å². The molecule has 0 fully saturated rings. The Morgan fingerprint density at radius 2 is 1.75 bits per heavy atom. The molecule has 2 aromatic rings. The van der Waals surface area contributed by atoms with Crippen LogP contribution in [0.25, 0.3) is 0 Å². The van der Waals surface area contributed by atoms with Crippen LogP contribution in [0, 0.1) is 15.9 Å². The summed E-state index contributed by atoms with van der Waals surface area (Å²) in [6, 6.07) is 3.89. The van der Waals surface area contributed by atoms with E-state index in [0.717, 1.165) is 18.2 Å². The van der Waals surface area contributed by atoms with Crippen molar-refractivity contribution < 1.29 is 36.8 Å². The molecule has 0 saturated carbocycles. The molecule has 0 aromatic heterocycles. The van der Waals surface area contributed by atoms with Crippen molar-refractivity contribution in [2.75, 3.05) is 18.5 Å². The normalized spacial score (nSPS) is 13.6. The minimum absolute atomic E-state index is 0.114. The molecule has 148 valence electrons. The van der Waals surface area contributed by atoms with E-state index >= 15 is 0 Å². The number of nitrogens with one attached hydrogen (secondary N) is 1. The fraction of sp³-hybridized carbons (Fsp3) is 0.235. The van der Waals surface area contributed by atoms with E-state index in [0.29, 0.717) is 18.6 Å². The van der Waals surface area contributed by atoms with Gasteiger partial charge in [-0.05, 0) is 18.2 Å². The molecule has 0 unspecified atom stereocenters. The van der Waals surface area contributed by atoms with Gasteiger partial charge < -0.3 is 14.8 Å². The summed E-state index contributed by atoms with van der Waals surface area (Å²) in [5.41, 5.74) is -2.96. The number of hydrogen-bond acceptors (Lipinski definition) is 5. The van der Waals surface area contributed by atoms with Crippen LogP contribution in [-0.2, 0) is 6.18 Å². The summed E-state index contributed by atoms with van der Waals surface area (Å²) in [5, 5.41) is 13.5. The molecule has 11 heteroatoms. The monoisotopic (exact) mass is 400 g/mol. The van der Waals surface area contributed by atoms with Crippen LogP contribution in [0.15, 0.2) is 30.3 Å². The molecule has 1 amide bonds. The van der Waals surface area contributed by atoms with Crippen LogP contribution < -0.4 is 14.8 Å². The number of fused-ring (bicyclic) bond motifs is 1. The summed E-state index contributed by atoms with van der Waals surface area (Å²) in [5.74, 6) is -2.36. The lowest BCUT2D eigenvalue weighted by molar-refractivity contribution is -0.384. The fourth-order valence-corrected chi connectivity index (χ4v) is 2.53. The molecule has 7 nitrogen and oxygen atoms in total. The summed E-state index contributed by atoms with van der Waals surface area (Å²) in [6.45, 7) is 0.566. The number of hydrogen-bond donors (Lipinski definition) is 1. The third kappa shape index (κ3) is 3.97. The second-order valence-electron chi connectivity index (χ2n) is 5.77. The minimum Gasteiger partial charge on any atom is -0.489 e. The number of nitro benzene ring substituents is 1. The number of benzene rings is 2. The standard InChI is InChI=1S/C17H12F4N2O5/c18-11-3-2-9(6-10(11)17(19,20)21)16(24)22-12-7-14-15(8-13(12)23(25)26)28-5-1-4-27-14/h2-3,6-8H,1,4-5H2,(H,22,24). The summed E-state index contributed by atoms with van der Waals surface area (Å²) in [4.78, 5) is 22.8. The van der Waals surface area contributed by atoms with E-state index < -0.39 is 39.6 Å². The maximum Gasteiger partial charge on any atom is 0.419 e. The quantitative estimate of drug-likeness (QED) is 0.475. The summed E-state index contributed by atoms with van der Waals surface area (Å²) in [6.07, 6.45) is -4.46. The van der Waals surface area contributed by atoms with Gasteiger partial charge in [-0.1, -0.05) is 0 Å². The zero-order valence-electron chi connectivity index (χ0n) is 14.0. The van der Waals surface area contributed by atoms with Gasteiger partial charge >= 0.3 is 6.18 Å². The number of carbonyl (C=O) groups is 1. The molecule has 0 saturated heterocycles. The maximum absolute atomic E-state index is 13.4. The van der Waals surface area contributed by atoms with Crippen molar-refractivity contribution in [1.29, 1.82) is 0 Å². The highest BCUT2D eigenvalue weighted by molar-refractivity contribution is 6.05. The average Bonchev–Trinajstić information content (AvgIpc) is 2.85. The molecule has 0 radical (unpaired) electrons. The highest BCUT2D eigenvalue weighted by atomic mass is 19.4. The number of carbonyl (C=O) groups excluding carboxylic acids is 1. The van der Waals surface area contributed by atoms with Gasteiger partial charge in [0.05, 0.1) is 29.8 Å². The molecule has 0 spiro atoms. The van der Waals surface area contributed by atoms with Crippen LogP contribution in [0.5, 0.6) is 11.5 Å². The van der Waals surface area contributed by atoms with Gasteiger partial charge in [0.1, 0.15) is 11.5 Å². The van der Waals surface area contributed by atoms with E-state index in [1.165, 1.54) is 0 Å². The Kier molecular flexibility index (Phi) is 5.08. The first-order chi connectivity index (χ1) is 13.2. The number of rotatable bonds is 3. The highest BCUT2D eigenvalue weighted by Gasteiger charge is 2.35. The topological polar surface area (TPSA) is 90.7 Å². The number of ether oxygens (including phenoxy) is 2. The predicted molar refractivity (Wildman–Crippen MR) is 88.1 cm³/mol. The smallest absolute Gasteiger partial charge is 0.419 e. The number of amides is 1. The molecular weight excluding hydrogens is 388 g/mol. The van der Waals surface area contributed by atoms with Gasteiger partial charge in [-0.3, -0.25) is 14.9 Å². The Morgan fingerprint density at radius 1 is 1.11 bits per heavy atom. The molecule has 1 heterocycles. The largest absolute Gasteiger partial charge is 0.489 e. The first kappa shape index (κ1) is 19.4. The first-order valence-corrected chi connectivity index (χ1v) is 7.93. The zero-order valence-corrected chi connectivity index (χ0v) is 14.0. The summed E-state index contributed by atoms with van der Waals surface area (Å²) >= 11 is 0. The molecule has 2 aromatic carbocycles. The van der Waals surface area contributed by atoms with Crippen molar-refractivity contribution in [3.05, 3.63) is 57.4 Å². The van der Waals surface area contributed by atoms with Crippen LogP contribution in [0.4, 0.5) is 28.9 Å². The molecule has 0 aliphatic carbocycles. The van der Waals surface area contributed by atoms with E-state index in [-0.39, 0.29) is 30.4 Å². The van der Waals surface area contributed by atoms with Crippen LogP contribution >= 0.6 is 0 Å². The Labute approximate surface area is 155 Å². The minimum atomic E-state index is -5.00. The van der Waals surface area contributed by atoms with E-state index in [2.05, 4.69) is 5.32 Å². The highest BCUT2D eigenvalue weighted by Crippen LogP contribution is 2.39. The van der Waals surface area contributed by atoms with Crippen LogP contribution in [0.3, 0.4) is 0 Å². The maximum atomic E-state index is 13.4. The first-order valence-electron chi connectivity index (χ1n) is 7.93. The third-order valence-corrected chi connectivity index (χ3v) is 3.84. The number of anilines is 1. The molecule has 1 N–H and O–H groups in total. The van der Waals surface area contributed by atoms with Crippen LogP contribution in [0.1, 0.15) is 22.3 Å². The van der Waals surface area contributed by atoms with Crippen molar-refractivity contribution in [3.8, 4) is 11.5 Å². The SMILES string of the molecule is O=C(Nc1cc2c(cc1[N+](=O)[O-])OCCCO2)c1ccc(F)c(C(F)(F)F)c1. The van der Waals surface area contributed by atoms with Crippen molar-refractivity contribution in [2.45, 2.75) is 12.6 Å². The molecule has 28 heavy (non-hydrogen) atoms. The van der Waals surface area contributed by atoms with Crippen molar-refractivity contribution in [1.82, 2.24) is 0 Å². The lowest BCUT2D eigenvalue weighted by atomic mass is 10.1. The zero-order chi connectivity index (χ0) is 20.5. The Balaban J connectivity index is 1.96. The van der Waals surface area contributed by atoms with Gasteiger partial charge in [-0.2, -0.15) is 13.2 Å². The van der Waals surface area contributed by atoms with Gasteiger partial charge in [-0.25, -0.2) is 4.39 Å². The summed E-state index contributed by atoms with van der Waals surface area (Å²) < 4.78 is 62.6. The molecule has 0 atom stereocenters. The van der Waals surface area contributed by atoms with Crippen LogP contribution in [0.2, 0.25) is 0 Å². The van der Waals surface area contributed by atoms with Crippen molar-refractivity contribution >= 4 is 17.3 Å². The van der Waals surface area contributed by atoms with Gasteiger partial charge in [0.25, 0.3) is 11.6 Å². The van der Waals surface area contributed by atoms with Gasteiger partial charge in [0.2, 0.25) is 0 Å². The van der Waals surface area contributed by atoms with E-state index in [1.54, 1.807) is 0 Å². The Morgan fingerprint density at radius 3 is 2.36 bits per heavy atom. The van der Waals surface area contributed by atoms with Gasteiger partial charge in [-0.15, -0.1) is 0 Å². The third-order valence-electron chi connectivity index (χ3n) is 3.84. The van der Waals surface area contributed by atoms with E-state index in [4.69, 9.17) is 9.47 Å². The number of halogens is 4. The Hall–Kier alpha value is -3.37. The Bertz CT molecular complexity index is 946. The van der Waals surface area contributed by atoms with Gasteiger partial charge in [0, 0.05) is 18.1 Å². The molecule has 1 aliphatic heterocycles. The van der Waals surface area contributed by atoms with E-state index in [9.17, 15) is 32.5 Å². The van der Waals surface area contributed by atoms with Crippen molar-refractivity contribution in [3.63, 3.8) is 0 Å². The predicted octanol–water partition coefficient (Wildman–Crippen LogP) is 4.17. The summed E-state index contributed by atoms with van der Waals surface area (Å²) in [7, 11) is 0. The number of alkyl halides is 3. The molecule has 3 rings (SSSR count). The van der Waals surface area contributed by atoms with Crippen LogP contribution in [-0.4, -0.2) is 24.0 Å². The second kappa shape index (κ2) is 7.33. The molecule has 0 bridgehead atoms. The molecular formula is C17H12F4N2O5. The van der Waals surface area contributed by atoms with Crippen molar-refractivity contribution in [2.24, 2.45) is 0 Å². The average molecular weight is 400 g/mol.